The van der Waals surface area contributed by atoms with Crippen LogP contribution in [0, 0.1) is 18.6 Å². The molecule has 1 unspecified atom stereocenters. The van der Waals surface area contributed by atoms with Crippen molar-refractivity contribution in [1.29, 1.82) is 0 Å². The molecule has 0 radical (unpaired) electrons. The van der Waals surface area contributed by atoms with E-state index in [-0.39, 0.29) is 5.69 Å². The van der Waals surface area contributed by atoms with Gasteiger partial charge in [-0.1, -0.05) is 6.07 Å². The molecule has 1 aliphatic rings. The summed E-state index contributed by atoms with van der Waals surface area (Å²) in [6.45, 7) is 3.04. The Kier molecular flexibility index (Phi) is 4.53. The normalized spacial score (nSPS) is 19.2. The number of nitrogens with one attached hydrogen (secondary N) is 1. The highest BCUT2D eigenvalue weighted by atomic mass is 19.1. The second-order valence-corrected chi connectivity index (χ2v) is 4.76. The molecular formula is C14H19F2NO. The molecule has 2 rings (SSSR count). The summed E-state index contributed by atoms with van der Waals surface area (Å²) in [5, 5.41) is 2.84. The lowest BCUT2D eigenvalue weighted by Gasteiger charge is -2.12. The molecule has 18 heavy (non-hydrogen) atoms. The predicted molar refractivity (Wildman–Crippen MR) is 67.8 cm³/mol. The number of halogens is 2. The van der Waals surface area contributed by atoms with E-state index >= 15 is 0 Å². The summed E-state index contributed by atoms with van der Waals surface area (Å²) in [5.41, 5.74) is 0.445. The Labute approximate surface area is 106 Å². The van der Waals surface area contributed by atoms with Crippen LogP contribution in [0.3, 0.4) is 0 Å². The number of rotatable bonds is 5. The molecule has 0 aliphatic carbocycles. The first-order valence-corrected chi connectivity index (χ1v) is 6.48. The number of hydrogen-bond donors (Lipinski definition) is 1. The van der Waals surface area contributed by atoms with Crippen LogP contribution >= 0.6 is 0 Å². The van der Waals surface area contributed by atoms with Crippen LogP contribution in [0.4, 0.5) is 14.5 Å². The molecule has 0 aromatic heterocycles. The molecule has 1 atom stereocenters. The molecule has 1 fully saturated rings. The molecule has 100 valence electrons. The first kappa shape index (κ1) is 13.3. The Balaban J connectivity index is 1.80. The van der Waals surface area contributed by atoms with E-state index < -0.39 is 11.6 Å². The lowest BCUT2D eigenvalue weighted by molar-refractivity contribution is 0.103. The monoisotopic (exact) mass is 255 g/mol. The largest absolute Gasteiger partial charge is 0.380 e. The van der Waals surface area contributed by atoms with Crippen molar-refractivity contribution in [1.82, 2.24) is 0 Å². The maximum Gasteiger partial charge on any atom is 0.152 e. The summed E-state index contributed by atoms with van der Waals surface area (Å²) in [6.07, 6.45) is 4.37. The minimum atomic E-state index is -0.532. The highest BCUT2D eigenvalue weighted by Crippen LogP contribution is 2.22. The van der Waals surface area contributed by atoms with Crippen LogP contribution in [0.5, 0.6) is 0 Å². The van der Waals surface area contributed by atoms with Crippen LogP contribution in [-0.2, 0) is 4.74 Å². The van der Waals surface area contributed by atoms with Gasteiger partial charge in [-0.3, -0.25) is 0 Å². The fourth-order valence-electron chi connectivity index (χ4n) is 2.23. The summed E-state index contributed by atoms with van der Waals surface area (Å²) in [6, 6.07) is 2.74. The molecule has 1 N–H and O–H groups in total. The van der Waals surface area contributed by atoms with Crippen molar-refractivity contribution < 1.29 is 13.5 Å². The van der Waals surface area contributed by atoms with E-state index in [1.54, 1.807) is 6.92 Å². The predicted octanol–water partition coefficient (Wildman–Crippen LogP) is 3.64. The van der Waals surface area contributed by atoms with Gasteiger partial charge >= 0.3 is 0 Å². The summed E-state index contributed by atoms with van der Waals surface area (Å²) < 4.78 is 32.6. The second-order valence-electron chi connectivity index (χ2n) is 4.76. The van der Waals surface area contributed by atoms with Crippen LogP contribution in [0.2, 0.25) is 0 Å². The Morgan fingerprint density at radius 3 is 2.94 bits per heavy atom. The highest BCUT2D eigenvalue weighted by molar-refractivity contribution is 5.48. The standard InChI is InChI=1S/C14H19F2NO/c1-10-6-7-12(15)14(13(10)16)17-8-2-4-11-5-3-9-18-11/h6-7,11,17H,2-5,8-9H2,1H3. The van der Waals surface area contributed by atoms with Crippen molar-refractivity contribution in [2.45, 2.75) is 38.7 Å². The molecule has 4 heteroatoms. The fraction of sp³-hybridized carbons (Fsp3) is 0.571. The number of benzene rings is 1. The third kappa shape index (κ3) is 3.19. The molecule has 0 amide bonds. The van der Waals surface area contributed by atoms with Crippen molar-refractivity contribution in [2.24, 2.45) is 0 Å². The third-order valence-corrected chi connectivity index (χ3v) is 3.31. The van der Waals surface area contributed by atoms with Crippen molar-refractivity contribution in [3.05, 3.63) is 29.3 Å². The Morgan fingerprint density at radius 2 is 2.22 bits per heavy atom. The van der Waals surface area contributed by atoms with E-state index in [0.717, 1.165) is 32.3 Å². The molecule has 1 aromatic rings. The molecule has 1 saturated heterocycles. The molecule has 0 saturated carbocycles. The van der Waals surface area contributed by atoms with Gasteiger partial charge in [-0.25, -0.2) is 8.78 Å². The third-order valence-electron chi connectivity index (χ3n) is 3.31. The zero-order valence-electron chi connectivity index (χ0n) is 10.6. The van der Waals surface area contributed by atoms with E-state index in [1.807, 2.05) is 0 Å². The molecule has 1 heterocycles. The number of anilines is 1. The van der Waals surface area contributed by atoms with Gasteiger partial charge in [0.2, 0.25) is 0 Å². The van der Waals surface area contributed by atoms with Gasteiger partial charge in [-0.15, -0.1) is 0 Å². The smallest absolute Gasteiger partial charge is 0.152 e. The van der Waals surface area contributed by atoms with Gasteiger partial charge in [-0.05, 0) is 44.2 Å². The van der Waals surface area contributed by atoms with Crippen LogP contribution in [0.15, 0.2) is 12.1 Å². The maximum atomic E-state index is 13.7. The lowest BCUT2D eigenvalue weighted by Crippen LogP contribution is -2.11. The molecule has 0 spiro atoms. The molecule has 0 bridgehead atoms. The molecule has 2 nitrogen and oxygen atoms in total. The Morgan fingerprint density at radius 1 is 1.39 bits per heavy atom. The van der Waals surface area contributed by atoms with Crippen molar-refractivity contribution in [2.75, 3.05) is 18.5 Å². The maximum absolute atomic E-state index is 13.7. The zero-order valence-corrected chi connectivity index (χ0v) is 10.6. The van der Waals surface area contributed by atoms with Crippen LogP contribution in [0.25, 0.3) is 0 Å². The van der Waals surface area contributed by atoms with E-state index in [2.05, 4.69) is 5.32 Å². The average molecular weight is 255 g/mol. The van der Waals surface area contributed by atoms with E-state index in [9.17, 15) is 8.78 Å². The quantitative estimate of drug-likeness (QED) is 0.811. The van der Waals surface area contributed by atoms with Crippen LogP contribution < -0.4 is 5.32 Å². The van der Waals surface area contributed by atoms with Gasteiger partial charge in [0, 0.05) is 13.2 Å². The lowest BCUT2D eigenvalue weighted by atomic mass is 10.1. The molecular weight excluding hydrogens is 236 g/mol. The first-order valence-electron chi connectivity index (χ1n) is 6.48. The van der Waals surface area contributed by atoms with Gasteiger partial charge in [-0.2, -0.15) is 0 Å². The minimum Gasteiger partial charge on any atom is -0.380 e. The SMILES string of the molecule is Cc1ccc(F)c(NCCCC2CCCO2)c1F. The van der Waals surface area contributed by atoms with E-state index in [0.29, 0.717) is 18.2 Å². The van der Waals surface area contributed by atoms with Gasteiger partial charge < -0.3 is 10.1 Å². The fourth-order valence-corrected chi connectivity index (χ4v) is 2.23. The van der Waals surface area contributed by atoms with Crippen LogP contribution in [-0.4, -0.2) is 19.3 Å². The number of ether oxygens (including phenoxy) is 1. The minimum absolute atomic E-state index is 0.0117. The highest BCUT2D eigenvalue weighted by Gasteiger charge is 2.15. The van der Waals surface area contributed by atoms with E-state index in [1.165, 1.54) is 12.1 Å². The summed E-state index contributed by atoms with van der Waals surface area (Å²) >= 11 is 0. The van der Waals surface area contributed by atoms with Crippen molar-refractivity contribution in [3.63, 3.8) is 0 Å². The zero-order chi connectivity index (χ0) is 13.0. The topological polar surface area (TPSA) is 21.3 Å². The number of aryl methyl sites for hydroxylation is 1. The van der Waals surface area contributed by atoms with Gasteiger partial charge in [0.1, 0.15) is 11.5 Å². The number of hydrogen-bond acceptors (Lipinski definition) is 2. The Bertz CT molecular complexity index is 403. The van der Waals surface area contributed by atoms with E-state index in [4.69, 9.17) is 4.74 Å². The summed E-state index contributed by atoms with van der Waals surface area (Å²) in [5.74, 6) is -1.03. The average Bonchev–Trinajstić information content (AvgIpc) is 2.86. The summed E-state index contributed by atoms with van der Waals surface area (Å²) in [4.78, 5) is 0. The van der Waals surface area contributed by atoms with Crippen molar-refractivity contribution >= 4 is 5.69 Å². The first-order chi connectivity index (χ1) is 8.68. The Hall–Kier alpha value is -1.16. The molecule has 1 aromatic carbocycles. The summed E-state index contributed by atoms with van der Waals surface area (Å²) in [7, 11) is 0. The van der Waals surface area contributed by atoms with Crippen LogP contribution in [0.1, 0.15) is 31.2 Å². The van der Waals surface area contributed by atoms with Gasteiger partial charge in [0.25, 0.3) is 0 Å². The second kappa shape index (κ2) is 6.14. The van der Waals surface area contributed by atoms with Crippen molar-refractivity contribution in [3.8, 4) is 0 Å². The van der Waals surface area contributed by atoms with Gasteiger partial charge in [0.05, 0.1) is 6.10 Å². The van der Waals surface area contributed by atoms with Gasteiger partial charge in [0.15, 0.2) is 5.82 Å². The molecule has 1 aliphatic heterocycles.